The molecule has 1 aliphatic carbocycles. The molecule has 1 amide bonds. The van der Waals surface area contributed by atoms with Gasteiger partial charge in [-0.1, -0.05) is 19.8 Å². The second-order valence-corrected chi connectivity index (χ2v) is 6.08. The molecule has 19 heavy (non-hydrogen) atoms. The third kappa shape index (κ3) is 3.47. The summed E-state index contributed by atoms with van der Waals surface area (Å²) in [5, 5.41) is 8.82. The van der Waals surface area contributed by atoms with Gasteiger partial charge in [0, 0.05) is 31.6 Å². The second kappa shape index (κ2) is 5.90. The molecule has 1 saturated heterocycles. The van der Waals surface area contributed by atoms with E-state index in [2.05, 4.69) is 6.92 Å². The molecule has 5 heteroatoms. The molecule has 2 fully saturated rings. The quantitative estimate of drug-likeness (QED) is 0.835. The summed E-state index contributed by atoms with van der Waals surface area (Å²) in [6.45, 7) is 5.05. The van der Waals surface area contributed by atoms with Crippen LogP contribution in [0.5, 0.6) is 0 Å². The predicted octanol–water partition coefficient (Wildman–Crippen LogP) is 1.19. The van der Waals surface area contributed by atoms with Crippen LogP contribution in [-0.2, 0) is 9.59 Å². The molecule has 0 aromatic carbocycles. The zero-order valence-corrected chi connectivity index (χ0v) is 11.7. The van der Waals surface area contributed by atoms with Crippen LogP contribution < -0.4 is 0 Å². The first-order chi connectivity index (χ1) is 9.01. The summed E-state index contributed by atoms with van der Waals surface area (Å²) in [6.07, 6.45) is 5.18. The van der Waals surface area contributed by atoms with Crippen molar-refractivity contribution >= 4 is 11.9 Å². The van der Waals surface area contributed by atoms with Gasteiger partial charge in [-0.15, -0.1) is 0 Å². The zero-order valence-electron chi connectivity index (χ0n) is 11.7. The van der Waals surface area contributed by atoms with Crippen LogP contribution in [0.3, 0.4) is 0 Å². The molecule has 0 spiro atoms. The highest BCUT2D eigenvalue weighted by atomic mass is 16.4. The molecular formula is C14H24N2O3. The Morgan fingerprint density at radius 1 is 1.05 bits per heavy atom. The van der Waals surface area contributed by atoms with Crippen molar-refractivity contribution in [3.63, 3.8) is 0 Å². The molecule has 108 valence electrons. The van der Waals surface area contributed by atoms with Crippen molar-refractivity contribution in [3.05, 3.63) is 0 Å². The molecule has 1 saturated carbocycles. The Hall–Kier alpha value is -1.10. The highest BCUT2D eigenvalue weighted by Gasteiger charge is 2.39. The zero-order chi connectivity index (χ0) is 13.9. The first kappa shape index (κ1) is 14.3. The van der Waals surface area contributed by atoms with E-state index in [1.54, 1.807) is 0 Å². The van der Waals surface area contributed by atoms with E-state index in [0.717, 1.165) is 45.2 Å². The van der Waals surface area contributed by atoms with Gasteiger partial charge in [-0.2, -0.15) is 0 Å². The Labute approximate surface area is 114 Å². The standard InChI is InChI=1S/C14H24N2O3/c1-14(5-2-3-6-14)13(19)16-8-4-7-15(9-10-16)11-12(17)18/h2-11H2,1H3,(H,17,18). The fraction of sp³-hybridized carbons (Fsp3) is 0.857. The number of carboxylic acid groups (broad SMARTS) is 1. The summed E-state index contributed by atoms with van der Waals surface area (Å²) in [4.78, 5) is 27.2. The smallest absolute Gasteiger partial charge is 0.317 e. The first-order valence-corrected chi connectivity index (χ1v) is 7.25. The molecule has 1 heterocycles. The Bertz CT molecular complexity index is 351. The fourth-order valence-electron chi connectivity index (χ4n) is 3.27. The number of carbonyl (C=O) groups is 2. The van der Waals surface area contributed by atoms with Gasteiger partial charge in [0.1, 0.15) is 0 Å². The maximum Gasteiger partial charge on any atom is 0.317 e. The number of amides is 1. The van der Waals surface area contributed by atoms with E-state index >= 15 is 0 Å². The van der Waals surface area contributed by atoms with Gasteiger partial charge >= 0.3 is 5.97 Å². The summed E-state index contributed by atoms with van der Waals surface area (Å²) < 4.78 is 0. The van der Waals surface area contributed by atoms with E-state index in [9.17, 15) is 9.59 Å². The Kier molecular flexibility index (Phi) is 4.45. The largest absolute Gasteiger partial charge is 0.480 e. The minimum absolute atomic E-state index is 0.0826. The van der Waals surface area contributed by atoms with Crippen molar-refractivity contribution in [2.24, 2.45) is 5.41 Å². The van der Waals surface area contributed by atoms with E-state index in [-0.39, 0.29) is 17.9 Å². The SMILES string of the molecule is CC1(C(=O)N2CCCN(CC(=O)O)CC2)CCCC1. The van der Waals surface area contributed by atoms with E-state index in [1.807, 2.05) is 9.80 Å². The third-order valence-corrected chi connectivity index (χ3v) is 4.46. The van der Waals surface area contributed by atoms with Crippen LogP contribution in [0.25, 0.3) is 0 Å². The monoisotopic (exact) mass is 268 g/mol. The maximum absolute atomic E-state index is 12.6. The van der Waals surface area contributed by atoms with Crippen LogP contribution in [0, 0.1) is 5.41 Å². The van der Waals surface area contributed by atoms with Crippen LogP contribution in [0.15, 0.2) is 0 Å². The van der Waals surface area contributed by atoms with Crippen LogP contribution in [0.4, 0.5) is 0 Å². The van der Waals surface area contributed by atoms with Crippen molar-refractivity contribution in [3.8, 4) is 0 Å². The molecule has 0 bridgehead atoms. The van der Waals surface area contributed by atoms with Gasteiger partial charge in [0.15, 0.2) is 0 Å². The summed E-state index contributed by atoms with van der Waals surface area (Å²) in [5.41, 5.74) is -0.165. The van der Waals surface area contributed by atoms with Crippen molar-refractivity contribution in [2.45, 2.75) is 39.0 Å². The molecule has 1 N–H and O–H groups in total. The maximum atomic E-state index is 12.6. The van der Waals surface area contributed by atoms with Crippen LogP contribution in [0.1, 0.15) is 39.0 Å². The summed E-state index contributed by atoms with van der Waals surface area (Å²) in [7, 11) is 0. The molecule has 0 radical (unpaired) electrons. The molecule has 0 aromatic rings. The summed E-state index contributed by atoms with van der Waals surface area (Å²) in [5.74, 6) is -0.510. The number of hydrogen-bond donors (Lipinski definition) is 1. The second-order valence-electron chi connectivity index (χ2n) is 6.08. The third-order valence-electron chi connectivity index (χ3n) is 4.46. The van der Waals surface area contributed by atoms with Gasteiger partial charge in [0.25, 0.3) is 0 Å². The predicted molar refractivity (Wildman–Crippen MR) is 71.8 cm³/mol. The highest BCUT2D eigenvalue weighted by molar-refractivity contribution is 5.82. The fourth-order valence-corrected chi connectivity index (χ4v) is 3.27. The van der Waals surface area contributed by atoms with Crippen molar-refractivity contribution in [2.75, 3.05) is 32.7 Å². The average Bonchev–Trinajstić information content (AvgIpc) is 2.67. The topological polar surface area (TPSA) is 60.9 Å². The van der Waals surface area contributed by atoms with Gasteiger partial charge in [-0.05, 0) is 19.3 Å². The molecule has 1 aliphatic heterocycles. The minimum atomic E-state index is -0.789. The van der Waals surface area contributed by atoms with Crippen molar-refractivity contribution in [1.29, 1.82) is 0 Å². The van der Waals surface area contributed by atoms with Gasteiger partial charge in [-0.25, -0.2) is 0 Å². The lowest BCUT2D eigenvalue weighted by atomic mass is 9.87. The van der Waals surface area contributed by atoms with E-state index in [1.165, 1.54) is 0 Å². The molecule has 2 rings (SSSR count). The average molecular weight is 268 g/mol. The number of rotatable bonds is 3. The molecular weight excluding hydrogens is 244 g/mol. The van der Waals surface area contributed by atoms with Crippen LogP contribution in [0.2, 0.25) is 0 Å². The van der Waals surface area contributed by atoms with Crippen LogP contribution in [-0.4, -0.2) is 59.5 Å². The van der Waals surface area contributed by atoms with Crippen LogP contribution >= 0.6 is 0 Å². The number of nitrogens with zero attached hydrogens (tertiary/aromatic N) is 2. The summed E-state index contributed by atoms with van der Waals surface area (Å²) >= 11 is 0. The Balaban J connectivity index is 1.91. The van der Waals surface area contributed by atoms with Gasteiger partial charge in [-0.3, -0.25) is 14.5 Å². The highest BCUT2D eigenvalue weighted by Crippen LogP contribution is 2.39. The molecule has 2 aliphatic rings. The van der Waals surface area contributed by atoms with E-state index < -0.39 is 5.97 Å². The van der Waals surface area contributed by atoms with Crippen molar-refractivity contribution < 1.29 is 14.7 Å². The van der Waals surface area contributed by atoms with Crippen molar-refractivity contribution in [1.82, 2.24) is 9.80 Å². The first-order valence-electron chi connectivity index (χ1n) is 7.25. The molecule has 5 nitrogen and oxygen atoms in total. The molecule has 0 aromatic heterocycles. The summed E-state index contributed by atoms with van der Waals surface area (Å²) in [6, 6.07) is 0. The Morgan fingerprint density at radius 2 is 1.74 bits per heavy atom. The van der Waals surface area contributed by atoms with E-state index in [0.29, 0.717) is 13.1 Å². The number of carboxylic acids is 1. The lowest BCUT2D eigenvalue weighted by Gasteiger charge is -2.31. The normalized spacial score (nSPS) is 24.2. The minimum Gasteiger partial charge on any atom is -0.480 e. The Morgan fingerprint density at radius 3 is 2.37 bits per heavy atom. The van der Waals surface area contributed by atoms with E-state index in [4.69, 9.17) is 5.11 Å². The molecule has 0 unspecified atom stereocenters. The number of carbonyl (C=O) groups excluding carboxylic acids is 1. The molecule has 0 atom stereocenters. The van der Waals surface area contributed by atoms with Gasteiger partial charge in [0.05, 0.1) is 6.54 Å². The number of aliphatic carboxylic acids is 1. The van der Waals surface area contributed by atoms with Gasteiger partial charge < -0.3 is 10.0 Å². The number of hydrogen-bond acceptors (Lipinski definition) is 3. The lowest BCUT2D eigenvalue weighted by molar-refractivity contribution is -0.140. The lowest BCUT2D eigenvalue weighted by Crippen LogP contribution is -2.43. The van der Waals surface area contributed by atoms with Gasteiger partial charge in [0.2, 0.25) is 5.91 Å².